The summed E-state index contributed by atoms with van der Waals surface area (Å²) in [5.74, 6) is 3.68. The molecule has 0 radical (unpaired) electrons. The maximum Gasteiger partial charge on any atom is 0.418 e. The van der Waals surface area contributed by atoms with Gasteiger partial charge in [0.05, 0.1) is 6.04 Å². The van der Waals surface area contributed by atoms with Gasteiger partial charge < -0.3 is 10.6 Å². The van der Waals surface area contributed by atoms with E-state index >= 15 is 0 Å². The lowest BCUT2D eigenvalue weighted by Gasteiger charge is -2.31. The monoisotopic (exact) mass is 431 g/mol. The smallest absolute Gasteiger partial charge is 0.383 e. The molecule has 2 aliphatic rings. The highest BCUT2D eigenvalue weighted by atomic mass is 32.3. The van der Waals surface area contributed by atoms with Crippen LogP contribution in [-0.2, 0) is 30.8 Å². The molecule has 0 spiro atoms. The zero-order chi connectivity index (χ0) is 21.5. The standard InChI is InChI=1S/C13H17N7O8S/c14-9-3-4-17(12(23)16-9)6-10(21)19(15)11(22)8-2-1-7-5-18(8)13(24)20(7)28-29(25,26)27/h3-4,7-8H,1-2,5-6,15H2,(H2,14,16,23)(H,25,26,27)/t7-,8+/m1/s1. The Bertz CT molecular complexity index is 1020. The van der Waals surface area contributed by atoms with Crippen LogP contribution in [0.15, 0.2) is 17.1 Å². The number of amides is 4. The van der Waals surface area contributed by atoms with Crippen molar-refractivity contribution < 1.29 is 31.6 Å². The van der Waals surface area contributed by atoms with Gasteiger partial charge in [0.2, 0.25) is 0 Å². The Labute approximate surface area is 163 Å². The molecule has 2 saturated heterocycles. The minimum atomic E-state index is -4.93. The van der Waals surface area contributed by atoms with Gasteiger partial charge >= 0.3 is 22.1 Å². The van der Waals surface area contributed by atoms with Crippen molar-refractivity contribution in [1.29, 1.82) is 0 Å². The summed E-state index contributed by atoms with van der Waals surface area (Å²) in [6.45, 7) is -0.649. The Morgan fingerprint density at radius 2 is 2.03 bits per heavy atom. The molecule has 1 aromatic heterocycles. The second-order valence-electron chi connectivity index (χ2n) is 6.37. The lowest BCUT2D eigenvalue weighted by Crippen LogP contribution is -2.56. The molecule has 3 rings (SSSR count). The van der Waals surface area contributed by atoms with Crippen LogP contribution in [0.2, 0.25) is 0 Å². The van der Waals surface area contributed by atoms with E-state index in [-0.39, 0.29) is 30.2 Å². The summed E-state index contributed by atoms with van der Waals surface area (Å²) in [5.41, 5.74) is 4.54. The largest absolute Gasteiger partial charge is 0.418 e. The van der Waals surface area contributed by atoms with Crippen LogP contribution in [0.5, 0.6) is 0 Å². The molecular weight excluding hydrogens is 414 g/mol. The van der Waals surface area contributed by atoms with Crippen LogP contribution in [0.4, 0.5) is 10.6 Å². The topological polar surface area (TPSA) is 211 Å². The Morgan fingerprint density at radius 3 is 2.66 bits per heavy atom. The molecule has 0 aliphatic carbocycles. The van der Waals surface area contributed by atoms with Crippen LogP contribution in [0, 0.1) is 0 Å². The summed E-state index contributed by atoms with van der Waals surface area (Å²) in [5, 5.41) is 0.748. The van der Waals surface area contributed by atoms with Crippen LogP contribution in [0.3, 0.4) is 0 Å². The number of nitrogens with two attached hydrogens (primary N) is 2. The van der Waals surface area contributed by atoms with E-state index in [1.54, 1.807) is 0 Å². The molecule has 16 heteroatoms. The second-order valence-corrected chi connectivity index (χ2v) is 7.38. The average Bonchev–Trinajstić information content (AvgIpc) is 2.86. The summed E-state index contributed by atoms with van der Waals surface area (Å²) >= 11 is 0. The van der Waals surface area contributed by atoms with Gasteiger partial charge in [0.25, 0.3) is 11.8 Å². The molecule has 0 aromatic carbocycles. The van der Waals surface area contributed by atoms with Gasteiger partial charge in [0, 0.05) is 12.7 Å². The first-order chi connectivity index (χ1) is 13.5. The molecule has 5 N–H and O–H groups in total. The van der Waals surface area contributed by atoms with E-state index in [2.05, 4.69) is 9.27 Å². The van der Waals surface area contributed by atoms with Crippen molar-refractivity contribution in [3.8, 4) is 0 Å². The third-order valence-electron chi connectivity index (χ3n) is 4.49. The van der Waals surface area contributed by atoms with Gasteiger partial charge in [0.15, 0.2) is 0 Å². The number of hydrogen-bond donors (Lipinski definition) is 3. The number of urea groups is 1. The predicted octanol–water partition coefficient (Wildman–Crippen LogP) is -2.94. The number of hydrazine groups is 1. The van der Waals surface area contributed by atoms with Crippen molar-refractivity contribution in [2.75, 3.05) is 12.3 Å². The van der Waals surface area contributed by atoms with Gasteiger partial charge in [-0.15, -0.1) is 4.28 Å². The van der Waals surface area contributed by atoms with Crippen LogP contribution in [0.1, 0.15) is 12.8 Å². The molecule has 29 heavy (non-hydrogen) atoms. The fourth-order valence-corrected chi connectivity index (χ4v) is 3.54. The van der Waals surface area contributed by atoms with Crippen LogP contribution >= 0.6 is 0 Å². The lowest BCUT2D eigenvalue weighted by atomic mass is 10.00. The molecular formula is C13H17N7O8S. The third-order valence-corrected chi connectivity index (χ3v) is 4.84. The van der Waals surface area contributed by atoms with Gasteiger partial charge in [-0.05, 0) is 18.9 Å². The van der Waals surface area contributed by atoms with E-state index in [4.69, 9.17) is 16.1 Å². The first-order valence-electron chi connectivity index (χ1n) is 8.19. The number of hydroxylamine groups is 2. The normalized spacial score (nSPS) is 21.4. The highest BCUT2D eigenvalue weighted by molar-refractivity contribution is 7.80. The molecule has 1 aromatic rings. The first kappa shape index (κ1) is 20.6. The van der Waals surface area contributed by atoms with Crippen LogP contribution in [0.25, 0.3) is 0 Å². The molecule has 15 nitrogen and oxygen atoms in total. The molecule has 3 heterocycles. The molecule has 2 fully saturated rings. The number of aromatic nitrogens is 2. The van der Waals surface area contributed by atoms with Crippen molar-refractivity contribution in [1.82, 2.24) is 24.5 Å². The van der Waals surface area contributed by atoms with Crippen molar-refractivity contribution in [3.63, 3.8) is 0 Å². The van der Waals surface area contributed by atoms with E-state index in [1.807, 2.05) is 0 Å². The zero-order valence-electron chi connectivity index (χ0n) is 14.7. The molecule has 2 bridgehead atoms. The molecule has 0 saturated carbocycles. The van der Waals surface area contributed by atoms with E-state index < -0.39 is 52.6 Å². The Hall–Kier alpha value is -3.08. The van der Waals surface area contributed by atoms with E-state index in [1.165, 1.54) is 12.3 Å². The third kappa shape index (κ3) is 4.19. The van der Waals surface area contributed by atoms with Crippen molar-refractivity contribution >= 4 is 34.1 Å². The number of imide groups is 1. The quantitative estimate of drug-likeness (QED) is 0.186. The number of anilines is 1. The zero-order valence-corrected chi connectivity index (χ0v) is 15.6. The second kappa shape index (κ2) is 7.39. The number of carbonyl (C=O) groups is 3. The van der Waals surface area contributed by atoms with Crippen molar-refractivity contribution in [2.24, 2.45) is 5.84 Å². The minimum Gasteiger partial charge on any atom is -0.383 e. The van der Waals surface area contributed by atoms with E-state index in [0.29, 0.717) is 5.06 Å². The van der Waals surface area contributed by atoms with Crippen molar-refractivity contribution in [3.05, 3.63) is 22.7 Å². The molecule has 4 amide bonds. The SMILES string of the molecule is Nc1ccn(CC(=O)N(N)C(=O)[C@@H]2CC[C@@H]3CN2C(=O)N3OS(=O)(=O)O)c(=O)n1. The average molecular weight is 431 g/mol. The fourth-order valence-electron chi connectivity index (χ4n) is 3.16. The van der Waals surface area contributed by atoms with Crippen LogP contribution < -0.4 is 17.3 Å². The maximum absolute atomic E-state index is 12.6. The number of piperidine rings is 1. The van der Waals surface area contributed by atoms with E-state index in [0.717, 1.165) is 9.47 Å². The summed E-state index contributed by atoms with van der Waals surface area (Å²) in [6, 6.07) is -1.53. The van der Waals surface area contributed by atoms with Gasteiger partial charge in [-0.1, -0.05) is 0 Å². The highest BCUT2D eigenvalue weighted by Crippen LogP contribution is 2.31. The number of fused-ring (bicyclic) bond motifs is 2. The van der Waals surface area contributed by atoms with Crippen molar-refractivity contribution in [2.45, 2.75) is 31.5 Å². The Morgan fingerprint density at radius 1 is 1.34 bits per heavy atom. The number of hydrogen-bond acceptors (Lipinski definition) is 10. The lowest BCUT2D eigenvalue weighted by molar-refractivity contribution is -0.149. The maximum atomic E-state index is 12.6. The highest BCUT2D eigenvalue weighted by Gasteiger charge is 2.50. The summed E-state index contributed by atoms with van der Waals surface area (Å²) in [6.07, 6.45) is 1.45. The number of rotatable bonds is 5. The summed E-state index contributed by atoms with van der Waals surface area (Å²) < 4.78 is 35.7. The van der Waals surface area contributed by atoms with Gasteiger partial charge in [0.1, 0.15) is 18.4 Å². The van der Waals surface area contributed by atoms with Gasteiger partial charge in [-0.2, -0.15) is 18.5 Å². The summed E-state index contributed by atoms with van der Waals surface area (Å²) in [4.78, 5) is 53.4. The van der Waals surface area contributed by atoms with Gasteiger partial charge in [-0.3, -0.25) is 18.7 Å². The number of nitrogens with zero attached hydrogens (tertiary/aromatic N) is 5. The number of nitrogen functional groups attached to an aromatic ring is 1. The minimum absolute atomic E-state index is 0.0413. The fraction of sp³-hybridized carbons (Fsp3) is 0.462. The molecule has 158 valence electrons. The molecule has 2 aliphatic heterocycles. The Kier molecular flexibility index (Phi) is 5.26. The van der Waals surface area contributed by atoms with E-state index in [9.17, 15) is 27.6 Å². The summed E-state index contributed by atoms with van der Waals surface area (Å²) in [7, 11) is -4.93. The van der Waals surface area contributed by atoms with Gasteiger partial charge in [-0.25, -0.2) is 20.4 Å². The Balaban J connectivity index is 1.71. The molecule has 0 unspecified atom stereocenters. The number of carbonyl (C=O) groups excluding carboxylic acids is 3. The first-order valence-corrected chi connectivity index (χ1v) is 9.55. The predicted molar refractivity (Wildman–Crippen MR) is 92.3 cm³/mol. The van der Waals surface area contributed by atoms with Crippen LogP contribution in [-0.4, -0.2) is 74.0 Å². The molecule has 2 atom stereocenters.